The summed E-state index contributed by atoms with van der Waals surface area (Å²) in [5.41, 5.74) is 6.95. The van der Waals surface area contributed by atoms with Crippen LogP contribution in [0.3, 0.4) is 0 Å². The molecule has 3 aromatic rings. The average Bonchev–Trinajstić information content (AvgIpc) is 2.51. The van der Waals surface area contributed by atoms with Crippen LogP contribution in [0.2, 0.25) is 0 Å². The van der Waals surface area contributed by atoms with Crippen molar-refractivity contribution in [3.63, 3.8) is 0 Å². The fraction of sp³-hybridized carbons (Fsp3) is 0.0556. The number of hydrogen-bond donors (Lipinski definition) is 2. The second-order valence-corrected chi connectivity index (χ2v) is 5.10. The summed E-state index contributed by atoms with van der Waals surface area (Å²) in [6.07, 6.45) is 0.249. The van der Waals surface area contributed by atoms with Crippen LogP contribution in [0.25, 0.3) is 10.8 Å². The molecule has 0 saturated heterocycles. The zero-order valence-electron chi connectivity index (χ0n) is 11.8. The first-order valence-electron chi connectivity index (χ1n) is 6.95. The van der Waals surface area contributed by atoms with Gasteiger partial charge in [0.25, 0.3) is 0 Å². The molecule has 3 N–H and O–H groups in total. The maximum atomic E-state index is 13.1. The number of carbonyl (C=O) groups is 1. The van der Waals surface area contributed by atoms with E-state index in [-0.39, 0.29) is 18.0 Å². The largest absolute Gasteiger partial charge is 0.396 e. The van der Waals surface area contributed by atoms with Crippen molar-refractivity contribution < 1.29 is 9.18 Å². The zero-order chi connectivity index (χ0) is 15.5. The number of hydrogen-bond acceptors (Lipinski definition) is 2. The monoisotopic (exact) mass is 294 g/mol. The minimum atomic E-state index is -0.493. The molecule has 1 amide bonds. The number of nitrogens with two attached hydrogens (primary N) is 1. The van der Waals surface area contributed by atoms with Gasteiger partial charge < -0.3 is 11.1 Å². The van der Waals surface area contributed by atoms with Gasteiger partial charge in [0.05, 0.1) is 12.1 Å². The molecule has 0 saturated carbocycles. The van der Waals surface area contributed by atoms with Crippen molar-refractivity contribution in [3.05, 3.63) is 72.0 Å². The number of anilines is 2. The quantitative estimate of drug-likeness (QED) is 0.723. The third-order valence-electron chi connectivity index (χ3n) is 3.51. The normalized spacial score (nSPS) is 10.6. The molecule has 0 unspecified atom stereocenters. The molecule has 4 heteroatoms. The van der Waals surface area contributed by atoms with Crippen molar-refractivity contribution in [2.45, 2.75) is 6.42 Å². The molecule has 3 rings (SSSR count). The van der Waals surface area contributed by atoms with Gasteiger partial charge in [0, 0.05) is 5.69 Å². The maximum absolute atomic E-state index is 13.1. The van der Waals surface area contributed by atoms with Gasteiger partial charge in [-0.15, -0.1) is 0 Å². The van der Waals surface area contributed by atoms with Crippen molar-refractivity contribution in [2.24, 2.45) is 0 Å². The number of rotatable bonds is 3. The maximum Gasteiger partial charge on any atom is 0.228 e. The van der Waals surface area contributed by atoms with Gasteiger partial charge in [-0.25, -0.2) is 4.39 Å². The van der Waals surface area contributed by atoms with Gasteiger partial charge in [-0.2, -0.15) is 0 Å². The first kappa shape index (κ1) is 14.1. The summed E-state index contributed by atoms with van der Waals surface area (Å²) in [5, 5.41) is 4.89. The van der Waals surface area contributed by atoms with E-state index < -0.39 is 5.82 Å². The van der Waals surface area contributed by atoms with Gasteiger partial charge in [-0.3, -0.25) is 4.79 Å². The Morgan fingerprint density at radius 3 is 2.64 bits per heavy atom. The van der Waals surface area contributed by atoms with E-state index in [1.165, 1.54) is 18.2 Å². The highest BCUT2D eigenvalue weighted by Crippen LogP contribution is 2.20. The molecular formula is C18H15FN2O. The number of fused-ring (bicyclic) bond motifs is 1. The topological polar surface area (TPSA) is 55.1 Å². The fourth-order valence-corrected chi connectivity index (χ4v) is 2.45. The lowest BCUT2D eigenvalue weighted by atomic mass is 10.0. The predicted molar refractivity (Wildman–Crippen MR) is 87.1 cm³/mol. The van der Waals surface area contributed by atoms with Crippen LogP contribution in [0, 0.1) is 5.82 Å². The fourth-order valence-electron chi connectivity index (χ4n) is 2.45. The van der Waals surface area contributed by atoms with E-state index in [0.29, 0.717) is 5.69 Å². The molecular weight excluding hydrogens is 279 g/mol. The first-order valence-corrected chi connectivity index (χ1v) is 6.95. The number of amides is 1. The van der Waals surface area contributed by atoms with E-state index in [4.69, 9.17) is 5.73 Å². The lowest BCUT2D eigenvalue weighted by molar-refractivity contribution is -0.115. The van der Waals surface area contributed by atoms with Gasteiger partial charge in [0.1, 0.15) is 5.82 Å². The predicted octanol–water partition coefficient (Wildman–Crippen LogP) is 3.74. The van der Waals surface area contributed by atoms with Crippen LogP contribution in [0.4, 0.5) is 15.8 Å². The van der Waals surface area contributed by atoms with Crippen LogP contribution in [0.5, 0.6) is 0 Å². The molecule has 0 aliphatic carbocycles. The molecule has 0 fully saturated rings. The molecule has 0 aromatic heterocycles. The van der Waals surface area contributed by atoms with Crippen molar-refractivity contribution >= 4 is 28.1 Å². The third-order valence-corrected chi connectivity index (χ3v) is 3.51. The van der Waals surface area contributed by atoms with E-state index in [1.54, 1.807) is 0 Å². The Kier molecular flexibility index (Phi) is 3.74. The van der Waals surface area contributed by atoms with Gasteiger partial charge in [0.15, 0.2) is 0 Å². The summed E-state index contributed by atoms with van der Waals surface area (Å²) in [5.74, 6) is -0.658. The Bertz CT molecular complexity index is 840. The van der Waals surface area contributed by atoms with Crippen LogP contribution in [-0.2, 0) is 11.2 Å². The second kappa shape index (κ2) is 5.85. The van der Waals surface area contributed by atoms with Crippen LogP contribution in [0.15, 0.2) is 60.7 Å². The molecule has 0 spiro atoms. The minimum absolute atomic E-state index is 0.0166. The molecule has 22 heavy (non-hydrogen) atoms. The molecule has 3 aromatic carbocycles. The summed E-state index contributed by atoms with van der Waals surface area (Å²) in [4.78, 5) is 12.2. The summed E-state index contributed by atoms with van der Waals surface area (Å²) in [7, 11) is 0. The highest BCUT2D eigenvalue weighted by atomic mass is 19.1. The first-order chi connectivity index (χ1) is 10.6. The Labute approximate surface area is 127 Å². The summed E-state index contributed by atoms with van der Waals surface area (Å²) in [6, 6.07) is 17.9. The standard InChI is InChI=1S/C18H15FN2O/c19-16-9-8-14(11-17(16)20)21-18(22)10-13-6-3-5-12-4-1-2-7-15(12)13/h1-9,11H,10,20H2,(H,21,22). The molecule has 0 aliphatic heterocycles. The Hall–Kier alpha value is -2.88. The van der Waals surface area contributed by atoms with Crippen LogP contribution in [-0.4, -0.2) is 5.91 Å². The van der Waals surface area contributed by atoms with E-state index in [2.05, 4.69) is 5.32 Å². The molecule has 0 aliphatic rings. The molecule has 0 bridgehead atoms. The second-order valence-electron chi connectivity index (χ2n) is 5.10. The zero-order valence-corrected chi connectivity index (χ0v) is 11.8. The van der Waals surface area contributed by atoms with Gasteiger partial charge in [0.2, 0.25) is 5.91 Å². The molecule has 110 valence electrons. The van der Waals surface area contributed by atoms with E-state index in [9.17, 15) is 9.18 Å². The van der Waals surface area contributed by atoms with Crippen molar-refractivity contribution in [2.75, 3.05) is 11.1 Å². The number of nitrogens with one attached hydrogen (secondary N) is 1. The SMILES string of the molecule is Nc1cc(NC(=O)Cc2cccc3ccccc23)ccc1F. The Morgan fingerprint density at radius 2 is 1.82 bits per heavy atom. The number of nitrogen functional groups attached to an aromatic ring is 1. The molecule has 0 atom stereocenters. The summed E-state index contributed by atoms with van der Waals surface area (Å²) in [6.45, 7) is 0. The van der Waals surface area contributed by atoms with Crippen molar-refractivity contribution in [3.8, 4) is 0 Å². The average molecular weight is 294 g/mol. The number of halogens is 1. The number of carbonyl (C=O) groups excluding carboxylic acids is 1. The minimum Gasteiger partial charge on any atom is -0.396 e. The third kappa shape index (κ3) is 2.91. The number of benzene rings is 3. The van der Waals surface area contributed by atoms with Gasteiger partial charge >= 0.3 is 0 Å². The van der Waals surface area contributed by atoms with Crippen molar-refractivity contribution in [1.29, 1.82) is 0 Å². The highest BCUT2D eigenvalue weighted by Gasteiger charge is 2.08. The van der Waals surface area contributed by atoms with E-state index in [1.807, 2.05) is 42.5 Å². The molecule has 0 heterocycles. The lowest BCUT2D eigenvalue weighted by Crippen LogP contribution is -2.14. The summed E-state index contributed by atoms with van der Waals surface area (Å²) < 4.78 is 13.1. The molecule has 0 radical (unpaired) electrons. The highest BCUT2D eigenvalue weighted by molar-refractivity contribution is 5.96. The van der Waals surface area contributed by atoms with Crippen LogP contribution in [0.1, 0.15) is 5.56 Å². The molecule has 3 nitrogen and oxygen atoms in total. The van der Waals surface area contributed by atoms with Crippen LogP contribution >= 0.6 is 0 Å². The lowest BCUT2D eigenvalue weighted by Gasteiger charge is -2.08. The van der Waals surface area contributed by atoms with Gasteiger partial charge in [-0.1, -0.05) is 42.5 Å². The van der Waals surface area contributed by atoms with E-state index >= 15 is 0 Å². The van der Waals surface area contributed by atoms with Crippen molar-refractivity contribution in [1.82, 2.24) is 0 Å². The smallest absolute Gasteiger partial charge is 0.228 e. The summed E-state index contributed by atoms with van der Waals surface area (Å²) >= 11 is 0. The Balaban J connectivity index is 1.80. The Morgan fingerprint density at radius 1 is 1.05 bits per heavy atom. The van der Waals surface area contributed by atoms with Crippen LogP contribution < -0.4 is 11.1 Å². The van der Waals surface area contributed by atoms with E-state index in [0.717, 1.165) is 16.3 Å². The van der Waals surface area contributed by atoms with Gasteiger partial charge in [-0.05, 0) is 34.5 Å².